The van der Waals surface area contributed by atoms with Crippen LogP contribution in [0.2, 0.25) is 0 Å². The molecule has 0 aromatic heterocycles. The summed E-state index contributed by atoms with van der Waals surface area (Å²) in [7, 11) is 0. The van der Waals surface area contributed by atoms with Gasteiger partial charge in [-0.1, -0.05) is 30.3 Å². The Hall–Kier alpha value is -2.08. The van der Waals surface area contributed by atoms with Gasteiger partial charge in [-0.3, -0.25) is 9.69 Å². The van der Waals surface area contributed by atoms with Crippen LogP contribution in [0.1, 0.15) is 31.2 Å². The number of likely N-dealkylation sites (tertiary alicyclic amines) is 1. The zero-order valence-corrected chi connectivity index (χ0v) is 13.8. The van der Waals surface area contributed by atoms with Crippen LogP contribution >= 0.6 is 0 Å². The van der Waals surface area contributed by atoms with E-state index in [0.29, 0.717) is 19.5 Å². The van der Waals surface area contributed by atoms with Gasteiger partial charge in [0, 0.05) is 19.7 Å². The minimum atomic E-state index is -0.435. The average Bonchev–Trinajstić information content (AvgIpc) is 3.30. The molecular formula is C18H24N2O4. The lowest BCUT2D eigenvalue weighted by Crippen LogP contribution is -2.47. The molecule has 24 heavy (non-hydrogen) atoms. The van der Waals surface area contributed by atoms with E-state index in [1.165, 1.54) is 4.90 Å². The monoisotopic (exact) mass is 332 g/mol. The molecule has 1 aromatic carbocycles. The highest BCUT2D eigenvalue weighted by atomic mass is 16.6. The third-order valence-corrected chi connectivity index (χ3v) is 4.52. The van der Waals surface area contributed by atoms with Crippen LogP contribution < -0.4 is 5.32 Å². The molecule has 0 unspecified atom stereocenters. The number of ether oxygens (including phenoxy) is 2. The summed E-state index contributed by atoms with van der Waals surface area (Å²) < 4.78 is 10.9. The molecule has 3 rings (SSSR count). The minimum absolute atomic E-state index is 0.105. The Balaban J connectivity index is 1.48. The van der Waals surface area contributed by atoms with E-state index >= 15 is 0 Å². The SMILES string of the molecule is O=C(NC[C@H]1CCCO1)[C@@H]1CCCN1C(=O)OCc1ccccc1. The molecule has 2 heterocycles. The van der Waals surface area contributed by atoms with Crippen LogP contribution in [0.5, 0.6) is 0 Å². The fraction of sp³-hybridized carbons (Fsp3) is 0.556. The van der Waals surface area contributed by atoms with Gasteiger partial charge in [-0.05, 0) is 31.2 Å². The summed E-state index contributed by atoms with van der Waals surface area (Å²) in [5.74, 6) is -0.111. The van der Waals surface area contributed by atoms with Gasteiger partial charge >= 0.3 is 6.09 Å². The van der Waals surface area contributed by atoms with Crippen molar-refractivity contribution in [2.45, 2.75) is 44.4 Å². The molecule has 2 amide bonds. The van der Waals surface area contributed by atoms with Crippen LogP contribution in [0.4, 0.5) is 4.79 Å². The Morgan fingerprint density at radius 1 is 1.21 bits per heavy atom. The molecule has 0 saturated carbocycles. The molecule has 6 heteroatoms. The summed E-state index contributed by atoms with van der Waals surface area (Å²) in [5, 5.41) is 2.91. The Morgan fingerprint density at radius 3 is 2.79 bits per heavy atom. The van der Waals surface area contributed by atoms with Crippen molar-refractivity contribution in [3.8, 4) is 0 Å². The highest BCUT2D eigenvalue weighted by Crippen LogP contribution is 2.19. The third kappa shape index (κ3) is 4.26. The number of nitrogens with zero attached hydrogens (tertiary/aromatic N) is 1. The summed E-state index contributed by atoms with van der Waals surface area (Å²) in [6, 6.07) is 9.10. The van der Waals surface area contributed by atoms with Crippen molar-refractivity contribution in [2.75, 3.05) is 19.7 Å². The van der Waals surface area contributed by atoms with Gasteiger partial charge in [0.25, 0.3) is 0 Å². The van der Waals surface area contributed by atoms with Gasteiger partial charge < -0.3 is 14.8 Å². The molecule has 0 bridgehead atoms. The van der Waals surface area contributed by atoms with E-state index < -0.39 is 12.1 Å². The molecule has 130 valence electrons. The molecule has 0 radical (unpaired) electrons. The first-order valence-electron chi connectivity index (χ1n) is 8.60. The van der Waals surface area contributed by atoms with Gasteiger partial charge in [0.05, 0.1) is 6.10 Å². The fourth-order valence-electron chi connectivity index (χ4n) is 3.20. The summed E-state index contributed by atoms with van der Waals surface area (Å²) >= 11 is 0. The molecule has 0 spiro atoms. The molecule has 0 aliphatic carbocycles. The molecule has 2 aliphatic heterocycles. The molecule has 6 nitrogen and oxygen atoms in total. The van der Waals surface area contributed by atoms with Gasteiger partial charge in [-0.15, -0.1) is 0 Å². The van der Waals surface area contributed by atoms with Crippen molar-refractivity contribution >= 4 is 12.0 Å². The van der Waals surface area contributed by atoms with Crippen LogP contribution in [0, 0.1) is 0 Å². The molecule has 2 aliphatic rings. The van der Waals surface area contributed by atoms with Crippen LogP contribution in [0.25, 0.3) is 0 Å². The van der Waals surface area contributed by atoms with Gasteiger partial charge in [-0.2, -0.15) is 0 Å². The van der Waals surface area contributed by atoms with Crippen molar-refractivity contribution in [1.29, 1.82) is 0 Å². The van der Waals surface area contributed by atoms with E-state index in [2.05, 4.69) is 5.32 Å². The number of hydrogen-bond acceptors (Lipinski definition) is 4. The maximum Gasteiger partial charge on any atom is 0.410 e. The van der Waals surface area contributed by atoms with E-state index in [1.807, 2.05) is 30.3 Å². The zero-order chi connectivity index (χ0) is 16.8. The fourth-order valence-corrected chi connectivity index (χ4v) is 3.20. The average molecular weight is 332 g/mol. The highest BCUT2D eigenvalue weighted by Gasteiger charge is 2.35. The first-order chi connectivity index (χ1) is 11.7. The van der Waals surface area contributed by atoms with E-state index in [1.54, 1.807) is 0 Å². The predicted molar refractivity (Wildman–Crippen MR) is 88.3 cm³/mol. The van der Waals surface area contributed by atoms with Crippen LogP contribution in [0.15, 0.2) is 30.3 Å². The van der Waals surface area contributed by atoms with E-state index in [9.17, 15) is 9.59 Å². The Labute approximate surface area is 142 Å². The maximum absolute atomic E-state index is 12.4. The Kier molecular flexibility index (Phi) is 5.69. The number of carbonyl (C=O) groups excluding carboxylic acids is 2. The molecule has 2 atom stereocenters. The number of carbonyl (C=O) groups is 2. The largest absolute Gasteiger partial charge is 0.445 e. The summed E-state index contributed by atoms with van der Waals surface area (Å²) in [6.45, 7) is 2.07. The normalized spacial score (nSPS) is 23.2. The van der Waals surface area contributed by atoms with Crippen LogP contribution in [-0.4, -0.2) is 48.7 Å². The smallest absolute Gasteiger partial charge is 0.410 e. The van der Waals surface area contributed by atoms with Crippen molar-refractivity contribution in [2.24, 2.45) is 0 Å². The topological polar surface area (TPSA) is 67.9 Å². The second-order valence-corrected chi connectivity index (χ2v) is 6.27. The van der Waals surface area contributed by atoms with Crippen molar-refractivity contribution in [1.82, 2.24) is 10.2 Å². The third-order valence-electron chi connectivity index (χ3n) is 4.52. The number of benzene rings is 1. The van der Waals surface area contributed by atoms with Gasteiger partial charge in [0.1, 0.15) is 12.6 Å². The second-order valence-electron chi connectivity index (χ2n) is 6.27. The molecule has 2 fully saturated rings. The first kappa shape index (κ1) is 16.8. The van der Waals surface area contributed by atoms with Crippen molar-refractivity contribution in [3.05, 3.63) is 35.9 Å². The minimum Gasteiger partial charge on any atom is -0.445 e. The van der Waals surface area contributed by atoms with E-state index in [-0.39, 0.29) is 18.6 Å². The van der Waals surface area contributed by atoms with E-state index in [4.69, 9.17) is 9.47 Å². The second kappa shape index (κ2) is 8.15. The highest BCUT2D eigenvalue weighted by molar-refractivity contribution is 5.86. The Bertz CT molecular complexity index is 557. The summed E-state index contributed by atoms with van der Waals surface area (Å²) in [4.78, 5) is 26.2. The maximum atomic E-state index is 12.4. The standard InChI is InChI=1S/C18H24N2O4/c21-17(19-12-15-8-5-11-23-15)16-9-4-10-20(16)18(22)24-13-14-6-2-1-3-7-14/h1-3,6-7,15-16H,4-5,8-13H2,(H,19,21)/t15-,16+/m1/s1. The number of nitrogens with one attached hydrogen (secondary N) is 1. The molecule has 1 aromatic rings. The number of rotatable bonds is 5. The quantitative estimate of drug-likeness (QED) is 0.896. The van der Waals surface area contributed by atoms with Crippen LogP contribution in [-0.2, 0) is 20.9 Å². The molecule has 2 saturated heterocycles. The molecule has 1 N–H and O–H groups in total. The lowest BCUT2D eigenvalue weighted by molar-refractivity contribution is -0.125. The van der Waals surface area contributed by atoms with Gasteiger partial charge in [0.2, 0.25) is 5.91 Å². The predicted octanol–water partition coefficient (Wildman–Crippen LogP) is 2.08. The number of hydrogen-bond donors (Lipinski definition) is 1. The van der Waals surface area contributed by atoms with Crippen LogP contribution in [0.3, 0.4) is 0 Å². The van der Waals surface area contributed by atoms with E-state index in [0.717, 1.165) is 31.4 Å². The first-order valence-corrected chi connectivity index (χ1v) is 8.60. The lowest BCUT2D eigenvalue weighted by Gasteiger charge is -2.24. The Morgan fingerprint density at radius 2 is 2.04 bits per heavy atom. The molecular weight excluding hydrogens is 308 g/mol. The summed E-state index contributed by atoms with van der Waals surface area (Å²) in [6.07, 6.45) is 3.20. The zero-order valence-electron chi connectivity index (χ0n) is 13.8. The van der Waals surface area contributed by atoms with Crippen molar-refractivity contribution < 1.29 is 19.1 Å². The summed E-state index contributed by atoms with van der Waals surface area (Å²) in [5.41, 5.74) is 0.935. The number of amides is 2. The van der Waals surface area contributed by atoms with Crippen molar-refractivity contribution in [3.63, 3.8) is 0 Å². The van der Waals surface area contributed by atoms with Gasteiger partial charge in [-0.25, -0.2) is 4.79 Å². The lowest BCUT2D eigenvalue weighted by atomic mass is 10.2. The van der Waals surface area contributed by atoms with Gasteiger partial charge in [0.15, 0.2) is 0 Å².